The van der Waals surface area contributed by atoms with Crippen molar-refractivity contribution in [3.63, 3.8) is 0 Å². The molecule has 0 saturated carbocycles. The van der Waals surface area contributed by atoms with E-state index in [9.17, 15) is 4.79 Å². The van der Waals surface area contributed by atoms with Crippen LogP contribution in [0.2, 0.25) is 0 Å². The van der Waals surface area contributed by atoms with Gasteiger partial charge in [-0.25, -0.2) is 0 Å². The van der Waals surface area contributed by atoms with Crippen molar-refractivity contribution in [1.29, 1.82) is 0 Å². The van der Waals surface area contributed by atoms with E-state index in [4.69, 9.17) is 0 Å². The molecule has 126 valence electrons. The predicted molar refractivity (Wildman–Crippen MR) is 90.9 cm³/mol. The van der Waals surface area contributed by atoms with Gasteiger partial charge in [-0.05, 0) is 45.0 Å². The van der Waals surface area contributed by atoms with E-state index in [2.05, 4.69) is 39.7 Å². The van der Waals surface area contributed by atoms with Crippen LogP contribution < -0.4 is 0 Å². The highest BCUT2D eigenvalue weighted by molar-refractivity contribution is 5.79. The molecule has 3 heterocycles. The van der Waals surface area contributed by atoms with Gasteiger partial charge in [0.1, 0.15) is 0 Å². The Morgan fingerprint density at radius 3 is 2.91 bits per heavy atom. The predicted octanol–water partition coefficient (Wildman–Crippen LogP) is 1.46. The number of amides is 1. The summed E-state index contributed by atoms with van der Waals surface area (Å²) in [6, 6.07) is 4.42. The van der Waals surface area contributed by atoms with Crippen molar-refractivity contribution in [2.24, 2.45) is 5.92 Å². The number of piperidine rings is 1. The molecule has 3 rings (SSSR count). The van der Waals surface area contributed by atoms with Gasteiger partial charge in [-0.1, -0.05) is 6.07 Å². The Morgan fingerprint density at radius 1 is 1.30 bits per heavy atom. The zero-order valence-electron chi connectivity index (χ0n) is 14.3. The molecular formula is C18H28N4O. The van der Waals surface area contributed by atoms with Gasteiger partial charge in [0.05, 0.1) is 5.92 Å². The maximum absolute atomic E-state index is 12.9. The number of likely N-dealkylation sites (N-methyl/N-ethyl adjacent to an activating group) is 1. The summed E-state index contributed by atoms with van der Waals surface area (Å²) in [5.74, 6) is 0.521. The lowest BCUT2D eigenvalue weighted by Crippen LogP contribution is -2.55. The van der Waals surface area contributed by atoms with E-state index in [-0.39, 0.29) is 5.92 Å². The fourth-order valence-electron chi connectivity index (χ4n) is 3.85. The van der Waals surface area contributed by atoms with Gasteiger partial charge in [0.2, 0.25) is 5.91 Å². The zero-order chi connectivity index (χ0) is 16.2. The number of hydrogen-bond acceptors (Lipinski definition) is 4. The first-order valence-electron chi connectivity index (χ1n) is 8.74. The summed E-state index contributed by atoms with van der Waals surface area (Å²) in [6.07, 6.45) is 5.87. The molecule has 2 saturated heterocycles. The SMILES string of the molecule is C[C@H]1CN(C)CCN1C(=O)[C@H]1CCCN(Cc2cccnc2)C1. The van der Waals surface area contributed by atoms with Gasteiger partial charge in [-0.15, -0.1) is 0 Å². The van der Waals surface area contributed by atoms with Crippen LogP contribution in [0.4, 0.5) is 0 Å². The molecular weight excluding hydrogens is 288 g/mol. The molecule has 0 N–H and O–H groups in total. The summed E-state index contributed by atoms with van der Waals surface area (Å²) >= 11 is 0. The molecule has 2 atom stereocenters. The highest BCUT2D eigenvalue weighted by Crippen LogP contribution is 2.22. The molecule has 1 amide bonds. The smallest absolute Gasteiger partial charge is 0.227 e. The third kappa shape index (κ3) is 4.09. The van der Waals surface area contributed by atoms with E-state index in [1.807, 2.05) is 12.3 Å². The number of pyridine rings is 1. The molecule has 1 aromatic heterocycles. The molecule has 0 unspecified atom stereocenters. The first-order chi connectivity index (χ1) is 11.1. The van der Waals surface area contributed by atoms with Crippen molar-refractivity contribution in [2.45, 2.75) is 32.4 Å². The van der Waals surface area contributed by atoms with Crippen molar-refractivity contribution in [3.05, 3.63) is 30.1 Å². The topological polar surface area (TPSA) is 39.7 Å². The van der Waals surface area contributed by atoms with Gasteiger partial charge in [-0.3, -0.25) is 14.7 Å². The first kappa shape index (κ1) is 16.4. The minimum absolute atomic E-state index is 0.159. The average molecular weight is 316 g/mol. The summed E-state index contributed by atoms with van der Waals surface area (Å²) in [4.78, 5) is 24.0. The van der Waals surface area contributed by atoms with Gasteiger partial charge >= 0.3 is 0 Å². The largest absolute Gasteiger partial charge is 0.337 e. The van der Waals surface area contributed by atoms with Gasteiger partial charge in [0.15, 0.2) is 0 Å². The Kier molecular flexibility index (Phi) is 5.28. The summed E-state index contributed by atoms with van der Waals surface area (Å²) in [5.41, 5.74) is 1.23. The van der Waals surface area contributed by atoms with Crippen LogP contribution in [-0.4, -0.2) is 71.4 Å². The second-order valence-corrected chi connectivity index (χ2v) is 7.08. The number of likely N-dealkylation sites (tertiary alicyclic amines) is 1. The average Bonchev–Trinajstić information content (AvgIpc) is 2.55. The highest BCUT2D eigenvalue weighted by atomic mass is 16.2. The van der Waals surface area contributed by atoms with Crippen LogP contribution in [0.1, 0.15) is 25.3 Å². The number of carbonyl (C=O) groups excluding carboxylic acids is 1. The highest BCUT2D eigenvalue weighted by Gasteiger charge is 2.33. The molecule has 2 fully saturated rings. The lowest BCUT2D eigenvalue weighted by molar-refractivity contribution is -0.141. The fourth-order valence-corrected chi connectivity index (χ4v) is 3.85. The lowest BCUT2D eigenvalue weighted by Gasteiger charge is -2.41. The normalized spacial score (nSPS) is 27.1. The maximum Gasteiger partial charge on any atom is 0.227 e. The second kappa shape index (κ2) is 7.41. The number of nitrogens with zero attached hydrogens (tertiary/aromatic N) is 4. The van der Waals surface area contributed by atoms with Gasteiger partial charge < -0.3 is 9.80 Å². The minimum atomic E-state index is 0.159. The molecule has 5 heteroatoms. The molecule has 1 aromatic rings. The van der Waals surface area contributed by atoms with E-state index in [1.165, 1.54) is 5.56 Å². The molecule has 0 radical (unpaired) electrons. The molecule has 0 spiro atoms. The molecule has 2 aliphatic rings. The van der Waals surface area contributed by atoms with Crippen molar-refractivity contribution in [2.75, 3.05) is 39.8 Å². The molecule has 0 bridgehead atoms. The minimum Gasteiger partial charge on any atom is -0.337 e. The van der Waals surface area contributed by atoms with E-state index in [0.29, 0.717) is 11.9 Å². The number of piperazine rings is 1. The number of hydrogen-bond donors (Lipinski definition) is 0. The Balaban J connectivity index is 1.58. The Hall–Kier alpha value is -1.46. The number of aromatic nitrogens is 1. The third-order valence-electron chi connectivity index (χ3n) is 5.10. The lowest BCUT2D eigenvalue weighted by atomic mass is 9.95. The van der Waals surface area contributed by atoms with Gasteiger partial charge in [0.25, 0.3) is 0 Å². The fraction of sp³-hybridized carbons (Fsp3) is 0.667. The van der Waals surface area contributed by atoms with Crippen LogP contribution >= 0.6 is 0 Å². The van der Waals surface area contributed by atoms with E-state index in [1.54, 1.807) is 6.20 Å². The van der Waals surface area contributed by atoms with Crippen LogP contribution in [0.15, 0.2) is 24.5 Å². The van der Waals surface area contributed by atoms with Crippen molar-refractivity contribution < 1.29 is 4.79 Å². The molecule has 0 aliphatic carbocycles. The quantitative estimate of drug-likeness (QED) is 0.846. The maximum atomic E-state index is 12.9. The van der Waals surface area contributed by atoms with Crippen molar-refractivity contribution >= 4 is 5.91 Å². The Morgan fingerprint density at radius 2 is 2.17 bits per heavy atom. The van der Waals surface area contributed by atoms with Gasteiger partial charge in [0, 0.05) is 51.2 Å². The van der Waals surface area contributed by atoms with Crippen LogP contribution in [0, 0.1) is 5.92 Å². The Labute approximate surface area is 139 Å². The standard InChI is InChI=1S/C18H28N4O/c1-15-12-20(2)9-10-22(15)18(23)17-6-4-8-21(14-17)13-16-5-3-7-19-11-16/h3,5,7,11,15,17H,4,6,8-10,12-14H2,1-2H3/t15-,17-/m0/s1. The van der Waals surface area contributed by atoms with Crippen LogP contribution in [0.5, 0.6) is 0 Å². The Bertz CT molecular complexity index is 521. The first-order valence-corrected chi connectivity index (χ1v) is 8.74. The summed E-state index contributed by atoms with van der Waals surface area (Å²) in [5, 5.41) is 0. The van der Waals surface area contributed by atoms with Crippen LogP contribution in [-0.2, 0) is 11.3 Å². The van der Waals surface area contributed by atoms with Crippen molar-refractivity contribution in [3.8, 4) is 0 Å². The van der Waals surface area contributed by atoms with Crippen LogP contribution in [0.25, 0.3) is 0 Å². The summed E-state index contributed by atoms with van der Waals surface area (Å²) in [7, 11) is 2.13. The third-order valence-corrected chi connectivity index (χ3v) is 5.10. The van der Waals surface area contributed by atoms with E-state index < -0.39 is 0 Å². The summed E-state index contributed by atoms with van der Waals surface area (Å²) in [6.45, 7) is 7.87. The van der Waals surface area contributed by atoms with Crippen molar-refractivity contribution in [1.82, 2.24) is 19.7 Å². The monoisotopic (exact) mass is 316 g/mol. The van der Waals surface area contributed by atoms with E-state index >= 15 is 0 Å². The molecule has 2 aliphatic heterocycles. The van der Waals surface area contributed by atoms with E-state index in [0.717, 1.165) is 52.1 Å². The van der Waals surface area contributed by atoms with Gasteiger partial charge in [-0.2, -0.15) is 0 Å². The number of rotatable bonds is 3. The number of carbonyl (C=O) groups is 1. The van der Waals surface area contributed by atoms with Crippen LogP contribution in [0.3, 0.4) is 0 Å². The zero-order valence-corrected chi connectivity index (χ0v) is 14.3. The summed E-state index contributed by atoms with van der Waals surface area (Å²) < 4.78 is 0. The molecule has 0 aromatic carbocycles. The molecule has 23 heavy (non-hydrogen) atoms. The molecule has 5 nitrogen and oxygen atoms in total. The second-order valence-electron chi connectivity index (χ2n) is 7.08.